The van der Waals surface area contributed by atoms with Gasteiger partial charge >= 0.3 is 0 Å². The molecule has 1 amide bonds. The van der Waals surface area contributed by atoms with Gasteiger partial charge in [0.1, 0.15) is 11.1 Å². The highest BCUT2D eigenvalue weighted by atomic mass is 32.2. The second-order valence-electron chi connectivity index (χ2n) is 7.93. The van der Waals surface area contributed by atoms with Crippen LogP contribution in [0, 0.1) is 20.8 Å². The third-order valence-electron chi connectivity index (χ3n) is 5.85. The van der Waals surface area contributed by atoms with Crippen molar-refractivity contribution < 1.29 is 9.53 Å². The number of thioether (sulfide) groups is 1. The molecule has 0 saturated heterocycles. The smallest absolute Gasteiger partial charge is 0.252 e. The number of carbonyl (C=O) groups excluding carboxylic acids is 1. The fraction of sp³-hybridized carbons (Fsp3) is 0.280. The summed E-state index contributed by atoms with van der Waals surface area (Å²) in [5.41, 5.74) is 6.12. The number of carbonyl (C=O) groups is 1. The predicted octanol–water partition coefficient (Wildman–Crippen LogP) is 4.66. The Labute approximate surface area is 186 Å². The van der Waals surface area contributed by atoms with Crippen molar-refractivity contribution in [3.8, 4) is 5.75 Å². The summed E-state index contributed by atoms with van der Waals surface area (Å²) in [5, 5.41) is 3.65. The Balaban J connectivity index is 1.66. The molecule has 0 radical (unpaired) electrons. The highest BCUT2D eigenvalue weighted by Gasteiger charge is 2.33. The number of benzene rings is 2. The molecule has 1 aromatic heterocycles. The number of nitrogens with zero attached hydrogens (tertiary/aromatic N) is 1. The van der Waals surface area contributed by atoms with E-state index in [1.807, 2.05) is 37.3 Å². The van der Waals surface area contributed by atoms with E-state index < -0.39 is 6.04 Å². The van der Waals surface area contributed by atoms with E-state index in [1.54, 1.807) is 17.7 Å². The van der Waals surface area contributed by atoms with Crippen LogP contribution < -0.4 is 15.6 Å². The predicted molar refractivity (Wildman–Crippen MR) is 126 cm³/mol. The Hall–Kier alpha value is -2.99. The molecule has 1 atom stereocenters. The fourth-order valence-electron chi connectivity index (χ4n) is 3.91. The second-order valence-corrected chi connectivity index (χ2v) is 8.94. The normalized spacial score (nSPS) is 14.9. The van der Waals surface area contributed by atoms with Crippen LogP contribution >= 0.6 is 11.8 Å². The number of rotatable bonds is 5. The third kappa shape index (κ3) is 4.12. The Bertz CT molecular complexity index is 1200. The van der Waals surface area contributed by atoms with Crippen molar-refractivity contribution in [3.63, 3.8) is 0 Å². The number of methoxy groups -OCH3 is 1. The van der Waals surface area contributed by atoms with Crippen molar-refractivity contribution >= 4 is 23.4 Å². The minimum atomic E-state index is -0.572. The molecule has 0 fully saturated rings. The average Bonchev–Trinajstić information content (AvgIpc) is 3.19. The van der Waals surface area contributed by atoms with Gasteiger partial charge in [0.15, 0.2) is 5.75 Å². The van der Waals surface area contributed by atoms with Gasteiger partial charge in [-0.2, -0.15) is 0 Å². The molecule has 0 aliphatic carbocycles. The van der Waals surface area contributed by atoms with Crippen molar-refractivity contribution in [2.75, 3.05) is 18.2 Å². The molecule has 160 valence electrons. The van der Waals surface area contributed by atoms with Crippen LogP contribution in [0.4, 0.5) is 5.69 Å². The van der Waals surface area contributed by atoms with Crippen LogP contribution in [0.5, 0.6) is 5.75 Å². The summed E-state index contributed by atoms with van der Waals surface area (Å²) in [4.78, 5) is 26.0. The number of hydrogen-bond acceptors (Lipinski definition) is 4. The molecule has 0 unspecified atom stereocenters. The molecule has 0 spiro atoms. The minimum absolute atomic E-state index is 0.176. The van der Waals surface area contributed by atoms with Gasteiger partial charge in [-0.3, -0.25) is 14.2 Å². The number of aromatic nitrogens is 1. The number of ether oxygens (including phenoxy) is 1. The molecule has 5 nitrogen and oxygen atoms in total. The standard InChI is InChI=1S/C25H26N2O3S/c1-15-8-10-20(11-9-15)26-24(29)21-14-31-25-23(30-4)19(13-22(28)27(21)25)12-18-7-5-6-16(2)17(18)3/h5-11,13,21H,12,14H2,1-4H3,(H,26,29)/t21-/m0/s1. The molecule has 3 aromatic rings. The van der Waals surface area contributed by atoms with E-state index in [-0.39, 0.29) is 11.5 Å². The number of hydrogen-bond donors (Lipinski definition) is 1. The highest BCUT2D eigenvalue weighted by Crippen LogP contribution is 2.41. The SMILES string of the molecule is COc1c(Cc2cccc(C)c2C)cc(=O)n2c1SC[C@H]2C(=O)Nc1ccc(C)cc1. The zero-order valence-corrected chi connectivity index (χ0v) is 19.0. The van der Waals surface area contributed by atoms with E-state index in [2.05, 4.69) is 31.3 Å². The first-order valence-corrected chi connectivity index (χ1v) is 11.3. The summed E-state index contributed by atoms with van der Waals surface area (Å²) >= 11 is 1.49. The van der Waals surface area contributed by atoms with E-state index in [1.165, 1.54) is 28.5 Å². The molecule has 0 bridgehead atoms. The summed E-state index contributed by atoms with van der Waals surface area (Å²) in [7, 11) is 1.62. The van der Waals surface area contributed by atoms with Gasteiger partial charge in [-0.15, -0.1) is 11.8 Å². The van der Waals surface area contributed by atoms with Crippen LogP contribution in [0.25, 0.3) is 0 Å². The first-order valence-electron chi connectivity index (χ1n) is 10.3. The molecule has 2 heterocycles. The van der Waals surface area contributed by atoms with Gasteiger partial charge in [0, 0.05) is 29.5 Å². The van der Waals surface area contributed by atoms with E-state index in [9.17, 15) is 9.59 Å². The number of amides is 1. The Morgan fingerprint density at radius 2 is 1.87 bits per heavy atom. The minimum Gasteiger partial charge on any atom is -0.494 e. The molecule has 1 N–H and O–H groups in total. The van der Waals surface area contributed by atoms with E-state index in [4.69, 9.17) is 4.74 Å². The number of aryl methyl sites for hydroxylation is 2. The van der Waals surface area contributed by atoms with Crippen LogP contribution in [0.2, 0.25) is 0 Å². The van der Waals surface area contributed by atoms with Gasteiger partial charge in [0.25, 0.3) is 5.56 Å². The van der Waals surface area contributed by atoms with Crippen molar-refractivity contribution in [3.05, 3.63) is 86.7 Å². The number of fused-ring (bicyclic) bond motifs is 1. The lowest BCUT2D eigenvalue weighted by Crippen LogP contribution is -2.32. The number of anilines is 1. The van der Waals surface area contributed by atoms with Gasteiger partial charge < -0.3 is 10.1 Å². The zero-order valence-electron chi connectivity index (χ0n) is 18.2. The fourth-order valence-corrected chi connectivity index (χ4v) is 5.23. The quantitative estimate of drug-likeness (QED) is 0.635. The van der Waals surface area contributed by atoms with Crippen molar-refractivity contribution in [2.24, 2.45) is 0 Å². The zero-order chi connectivity index (χ0) is 22.1. The molecule has 6 heteroatoms. The number of nitrogens with one attached hydrogen (secondary N) is 1. The van der Waals surface area contributed by atoms with Gasteiger partial charge in [0.2, 0.25) is 5.91 Å². The van der Waals surface area contributed by atoms with E-state index in [0.29, 0.717) is 17.9 Å². The largest absolute Gasteiger partial charge is 0.494 e. The van der Waals surface area contributed by atoms with Crippen LogP contribution in [-0.4, -0.2) is 23.3 Å². The lowest BCUT2D eigenvalue weighted by molar-refractivity contribution is -0.118. The van der Waals surface area contributed by atoms with Gasteiger partial charge in [-0.1, -0.05) is 35.9 Å². The van der Waals surface area contributed by atoms with Crippen LogP contribution in [0.3, 0.4) is 0 Å². The van der Waals surface area contributed by atoms with Crippen molar-refractivity contribution in [2.45, 2.75) is 38.3 Å². The molecule has 1 aliphatic rings. The molecular weight excluding hydrogens is 408 g/mol. The molecule has 4 rings (SSSR count). The van der Waals surface area contributed by atoms with Crippen LogP contribution in [-0.2, 0) is 11.2 Å². The maximum Gasteiger partial charge on any atom is 0.252 e. The summed E-state index contributed by atoms with van der Waals surface area (Å²) in [6, 6.07) is 14.9. The van der Waals surface area contributed by atoms with Gasteiger partial charge in [0.05, 0.1) is 7.11 Å². The van der Waals surface area contributed by atoms with E-state index >= 15 is 0 Å². The second kappa shape index (κ2) is 8.63. The Morgan fingerprint density at radius 3 is 2.58 bits per heavy atom. The monoisotopic (exact) mass is 434 g/mol. The number of pyridine rings is 1. The molecule has 1 aliphatic heterocycles. The van der Waals surface area contributed by atoms with Crippen molar-refractivity contribution in [1.29, 1.82) is 0 Å². The van der Waals surface area contributed by atoms with Crippen molar-refractivity contribution in [1.82, 2.24) is 4.57 Å². The van der Waals surface area contributed by atoms with Gasteiger partial charge in [-0.05, 0) is 49.6 Å². The van der Waals surface area contributed by atoms with Crippen LogP contribution in [0.15, 0.2) is 58.4 Å². The van der Waals surface area contributed by atoms with Gasteiger partial charge in [-0.25, -0.2) is 0 Å². The maximum atomic E-state index is 13.1. The topological polar surface area (TPSA) is 60.3 Å². The lowest BCUT2D eigenvalue weighted by Gasteiger charge is -2.18. The first kappa shape index (κ1) is 21.2. The first-order chi connectivity index (χ1) is 14.9. The molecule has 0 saturated carbocycles. The highest BCUT2D eigenvalue weighted by molar-refractivity contribution is 7.99. The summed E-state index contributed by atoms with van der Waals surface area (Å²) in [6.45, 7) is 6.18. The molecule has 31 heavy (non-hydrogen) atoms. The average molecular weight is 435 g/mol. The van der Waals surface area contributed by atoms with Crippen LogP contribution in [0.1, 0.15) is 33.9 Å². The summed E-state index contributed by atoms with van der Waals surface area (Å²) < 4.78 is 7.30. The summed E-state index contributed by atoms with van der Waals surface area (Å²) in [5.74, 6) is 0.980. The summed E-state index contributed by atoms with van der Waals surface area (Å²) in [6.07, 6.45) is 0.612. The molecule has 2 aromatic carbocycles. The Morgan fingerprint density at radius 1 is 1.13 bits per heavy atom. The lowest BCUT2D eigenvalue weighted by atomic mass is 9.97. The Kier molecular flexibility index (Phi) is 5.92. The van der Waals surface area contributed by atoms with E-state index in [0.717, 1.165) is 21.8 Å². The third-order valence-corrected chi connectivity index (χ3v) is 6.99. The maximum absolute atomic E-state index is 13.1. The molecular formula is C25H26N2O3S.